The van der Waals surface area contributed by atoms with Gasteiger partial charge in [-0.3, -0.25) is 10.1 Å². The lowest BCUT2D eigenvalue weighted by atomic mass is 10.1. The highest BCUT2D eigenvalue weighted by Gasteiger charge is 2.31. The van der Waals surface area contributed by atoms with Crippen molar-refractivity contribution in [1.29, 1.82) is 0 Å². The fraction of sp³-hybridized carbons (Fsp3) is 0.261. The van der Waals surface area contributed by atoms with Crippen molar-refractivity contribution in [3.63, 3.8) is 0 Å². The highest BCUT2D eigenvalue weighted by Crippen LogP contribution is 2.39. The van der Waals surface area contributed by atoms with Gasteiger partial charge in [-0.15, -0.1) is 11.8 Å². The lowest BCUT2D eigenvalue weighted by Crippen LogP contribution is -2.21. The van der Waals surface area contributed by atoms with E-state index in [1.807, 2.05) is 43.3 Å². The zero-order chi connectivity index (χ0) is 20.2. The van der Waals surface area contributed by atoms with Crippen LogP contribution >= 0.6 is 11.8 Å². The summed E-state index contributed by atoms with van der Waals surface area (Å²) in [6, 6.07) is 20.3. The van der Waals surface area contributed by atoms with Crippen LogP contribution in [-0.2, 0) is 11.4 Å². The van der Waals surface area contributed by atoms with Crippen LogP contribution in [0.15, 0.2) is 60.7 Å². The van der Waals surface area contributed by atoms with Crippen LogP contribution in [0, 0.1) is 0 Å². The van der Waals surface area contributed by atoms with Crippen LogP contribution in [0.5, 0.6) is 11.5 Å². The summed E-state index contributed by atoms with van der Waals surface area (Å²) >= 11 is 1.41. The monoisotopic (exact) mass is 409 g/mol. The molecule has 3 aromatic carbocycles. The van der Waals surface area contributed by atoms with E-state index >= 15 is 0 Å². The number of hydrogen-bond donors (Lipinski definition) is 2. The van der Waals surface area contributed by atoms with E-state index in [2.05, 4.69) is 29.6 Å². The first-order valence-corrected chi connectivity index (χ1v) is 10.6. The molecule has 0 bridgehead atoms. The Morgan fingerprint density at radius 1 is 1.10 bits per heavy atom. The molecule has 1 heterocycles. The molecule has 2 atom stereocenters. The summed E-state index contributed by atoms with van der Waals surface area (Å²) in [4.78, 5) is 11.2. The van der Waals surface area contributed by atoms with E-state index in [1.165, 1.54) is 22.5 Å². The molecule has 1 aliphatic rings. The summed E-state index contributed by atoms with van der Waals surface area (Å²) < 4.78 is 11.9. The molecule has 0 spiro atoms. The largest absolute Gasteiger partial charge is 0.490 e. The van der Waals surface area contributed by atoms with Gasteiger partial charge in [-0.2, -0.15) is 0 Å². The molecule has 0 aliphatic carbocycles. The van der Waals surface area contributed by atoms with E-state index in [4.69, 9.17) is 9.47 Å². The lowest BCUT2D eigenvalue weighted by Gasteiger charge is -2.16. The van der Waals surface area contributed by atoms with Gasteiger partial charge in [0.15, 0.2) is 11.5 Å². The number of carbonyl (C=O) groups is 1. The molecule has 0 unspecified atom stereocenters. The smallest absolute Gasteiger partial charge is 0.318 e. The molecule has 6 heteroatoms. The van der Waals surface area contributed by atoms with Gasteiger partial charge in [0, 0.05) is 6.54 Å². The number of carboxylic acids is 1. The molecule has 1 saturated heterocycles. The van der Waals surface area contributed by atoms with Crippen LogP contribution < -0.4 is 14.8 Å². The minimum atomic E-state index is -0.787. The number of hydrogen-bond acceptors (Lipinski definition) is 5. The lowest BCUT2D eigenvalue weighted by molar-refractivity contribution is -0.136. The van der Waals surface area contributed by atoms with Crippen LogP contribution in [-0.4, -0.2) is 29.5 Å². The van der Waals surface area contributed by atoms with Crippen molar-refractivity contribution in [2.75, 3.05) is 13.2 Å². The number of fused-ring (bicyclic) bond motifs is 1. The Balaban J connectivity index is 1.53. The first-order valence-electron chi connectivity index (χ1n) is 9.63. The highest BCUT2D eigenvalue weighted by molar-refractivity contribution is 8.01. The average Bonchev–Trinajstić information content (AvgIpc) is 3.24. The average molecular weight is 410 g/mol. The fourth-order valence-corrected chi connectivity index (χ4v) is 4.60. The number of nitrogens with one attached hydrogen (secondary N) is 1. The Hall–Kier alpha value is -2.70. The molecule has 0 radical (unpaired) electrons. The maximum Gasteiger partial charge on any atom is 0.318 e. The second-order valence-electron chi connectivity index (χ2n) is 6.82. The third kappa shape index (κ3) is 4.33. The van der Waals surface area contributed by atoms with Gasteiger partial charge in [-0.1, -0.05) is 48.5 Å². The Labute approximate surface area is 174 Å². The molecule has 1 fully saturated rings. The van der Waals surface area contributed by atoms with Crippen LogP contribution in [0.2, 0.25) is 0 Å². The van der Waals surface area contributed by atoms with E-state index < -0.39 is 11.2 Å². The van der Waals surface area contributed by atoms with Gasteiger partial charge < -0.3 is 14.6 Å². The van der Waals surface area contributed by atoms with E-state index in [1.54, 1.807) is 0 Å². The van der Waals surface area contributed by atoms with E-state index in [0.717, 1.165) is 11.1 Å². The quantitative estimate of drug-likeness (QED) is 0.594. The second kappa shape index (κ2) is 8.76. The molecule has 29 heavy (non-hydrogen) atoms. The zero-order valence-corrected chi connectivity index (χ0v) is 16.9. The minimum absolute atomic E-state index is 0.0672. The Kier molecular flexibility index (Phi) is 5.92. The van der Waals surface area contributed by atoms with Gasteiger partial charge in [0.25, 0.3) is 0 Å². The van der Waals surface area contributed by atoms with Crippen LogP contribution in [0.4, 0.5) is 0 Å². The van der Waals surface area contributed by atoms with Crippen molar-refractivity contribution in [2.24, 2.45) is 0 Å². The third-order valence-electron chi connectivity index (χ3n) is 4.90. The Bertz CT molecular complexity index is 1020. The molecule has 0 saturated carbocycles. The summed E-state index contributed by atoms with van der Waals surface area (Å²) in [5.41, 5.74) is 2.10. The number of aliphatic carboxylic acids is 1. The summed E-state index contributed by atoms with van der Waals surface area (Å²) in [6.07, 6.45) is 0. The second-order valence-corrected chi connectivity index (χ2v) is 8.13. The van der Waals surface area contributed by atoms with Crippen molar-refractivity contribution < 1.29 is 19.4 Å². The number of rotatable bonds is 7. The zero-order valence-electron chi connectivity index (χ0n) is 16.1. The van der Waals surface area contributed by atoms with Gasteiger partial charge >= 0.3 is 5.97 Å². The van der Waals surface area contributed by atoms with Crippen LogP contribution in [0.1, 0.15) is 23.4 Å². The van der Waals surface area contributed by atoms with Gasteiger partial charge in [0.05, 0.1) is 12.0 Å². The van der Waals surface area contributed by atoms with Crippen LogP contribution in [0.3, 0.4) is 0 Å². The van der Waals surface area contributed by atoms with Crippen molar-refractivity contribution in [3.8, 4) is 11.5 Å². The number of carboxylic acid groups (broad SMARTS) is 1. The number of thioether (sulfide) groups is 1. The van der Waals surface area contributed by atoms with Gasteiger partial charge in [0.2, 0.25) is 0 Å². The van der Waals surface area contributed by atoms with Crippen molar-refractivity contribution in [1.82, 2.24) is 5.32 Å². The van der Waals surface area contributed by atoms with Gasteiger partial charge in [-0.25, -0.2) is 0 Å². The summed E-state index contributed by atoms with van der Waals surface area (Å²) in [5.74, 6) is 0.567. The summed E-state index contributed by atoms with van der Waals surface area (Å²) in [7, 11) is 0. The first kappa shape index (κ1) is 19.6. The van der Waals surface area contributed by atoms with Gasteiger partial charge in [-0.05, 0) is 41.0 Å². The molecule has 1 aliphatic heterocycles. The molecule has 3 aromatic rings. The molecule has 5 nitrogen and oxygen atoms in total. The Morgan fingerprint density at radius 2 is 1.93 bits per heavy atom. The summed E-state index contributed by atoms with van der Waals surface area (Å²) in [5, 5.41) is 14.3. The fourth-order valence-electron chi connectivity index (χ4n) is 3.47. The van der Waals surface area contributed by atoms with Crippen LogP contribution in [0.25, 0.3) is 10.8 Å². The molecular formula is C23H23NO4S. The molecule has 0 aromatic heterocycles. The molecule has 2 N–H and O–H groups in total. The standard InChI is InChI=1S/C23H23NO4S/c1-2-27-20-12-16(22-24-13-21(29-22)23(25)26)10-11-19(20)28-14-17-8-5-7-15-6-3-4-9-18(15)17/h3-12,21-22,24H,2,13-14H2,1H3,(H,25,26)/t21-,22-/m1/s1. The minimum Gasteiger partial charge on any atom is -0.490 e. The predicted molar refractivity (Wildman–Crippen MR) is 116 cm³/mol. The van der Waals surface area contributed by atoms with Crippen molar-refractivity contribution >= 4 is 28.5 Å². The van der Waals surface area contributed by atoms with Crippen molar-refractivity contribution in [3.05, 3.63) is 71.8 Å². The Morgan fingerprint density at radius 3 is 2.72 bits per heavy atom. The molecule has 150 valence electrons. The first-order chi connectivity index (χ1) is 14.2. The van der Waals surface area contributed by atoms with E-state index in [0.29, 0.717) is 31.3 Å². The maximum absolute atomic E-state index is 11.2. The normalized spacial score (nSPS) is 18.7. The molecule has 4 rings (SSSR count). The van der Waals surface area contributed by atoms with Crippen molar-refractivity contribution in [2.45, 2.75) is 24.2 Å². The number of ether oxygens (including phenoxy) is 2. The topological polar surface area (TPSA) is 67.8 Å². The predicted octanol–water partition coefficient (Wildman–Crippen LogP) is 4.61. The highest BCUT2D eigenvalue weighted by atomic mass is 32.2. The maximum atomic E-state index is 11.2. The molecular weight excluding hydrogens is 386 g/mol. The number of benzene rings is 3. The summed E-state index contributed by atoms with van der Waals surface area (Å²) in [6.45, 7) is 3.35. The van der Waals surface area contributed by atoms with E-state index in [-0.39, 0.29) is 5.37 Å². The molecule has 0 amide bonds. The third-order valence-corrected chi connectivity index (χ3v) is 6.31. The SMILES string of the molecule is CCOc1cc([C@@H]2NC[C@H](C(=O)O)S2)ccc1OCc1cccc2ccccc12. The van der Waals surface area contributed by atoms with Gasteiger partial charge in [0.1, 0.15) is 11.9 Å². The van der Waals surface area contributed by atoms with E-state index in [9.17, 15) is 9.90 Å².